The zero-order valence-electron chi connectivity index (χ0n) is 13.1. The van der Waals surface area contributed by atoms with Crippen LogP contribution in [0.15, 0.2) is 30.3 Å². The summed E-state index contributed by atoms with van der Waals surface area (Å²) in [5.41, 5.74) is 4.66. The van der Waals surface area contributed by atoms with Gasteiger partial charge in [-0.25, -0.2) is 0 Å². The first kappa shape index (κ1) is 15.1. The lowest BCUT2D eigenvalue weighted by Crippen LogP contribution is -2.42. The first-order chi connectivity index (χ1) is 10.4. The van der Waals surface area contributed by atoms with Crippen LogP contribution in [0.25, 0.3) is 0 Å². The number of hydrogen-bond acceptors (Lipinski definition) is 2. The molecule has 116 valence electrons. The Hall–Kier alpha value is -0.860. The molecule has 0 spiro atoms. The molecule has 0 radical (unpaired) electrons. The van der Waals surface area contributed by atoms with Gasteiger partial charge in [0.2, 0.25) is 0 Å². The molecule has 2 unspecified atom stereocenters. The van der Waals surface area contributed by atoms with E-state index in [-0.39, 0.29) is 0 Å². The zero-order valence-corrected chi connectivity index (χ0v) is 13.1. The minimum Gasteiger partial charge on any atom is -0.297 e. The van der Waals surface area contributed by atoms with Crippen molar-refractivity contribution in [2.75, 3.05) is 0 Å². The van der Waals surface area contributed by atoms with Gasteiger partial charge in [0.1, 0.15) is 0 Å². The Morgan fingerprint density at radius 3 is 2.38 bits per heavy atom. The summed E-state index contributed by atoms with van der Waals surface area (Å²) >= 11 is 0. The van der Waals surface area contributed by atoms with Crippen LogP contribution in [0.5, 0.6) is 0 Å². The van der Waals surface area contributed by atoms with E-state index in [1.165, 1.54) is 63.4 Å². The number of hydroxylamine groups is 1. The van der Waals surface area contributed by atoms with Crippen LogP contribution < -0.4 is 5.48 Å². The molecular formula is C19H29NO. The third-order valence-corrected chi connectivity index (χ3v) is 5.39. The Morgan fingerprint density at radius 2 is 1.57 bits per heavy atom. The van der Waals surface area contributed by atoms with Crippen molar-refractivity contribution in [3.8, 4) is 0 Å². The van der Waals surface area contributed by atoms with Crippen molar-refractivity contribution in [3.63, 3.8) is 0 Å². The highest BCUT2D eigenvalue weighted by Crippen LogP contribution is 2.38. The molecule has 1 aromatic carbocycles. The highest BCUT2D eigenvalue weighted by Gasteiger charge is 2.32. The third kappa shape index (κ3) is 4.31. The molecule has 2 saturated carbocycles. The maximum absolute atomic E-state index is 5.83. The molecule has 0 aromatic heterocycles. The number of hydrogen-bond donors (Lipinski definition) is 1. The van der Waals surface area contributed by atoms with Gasteiger partial charge >= 0.3 is 0 Å². The summed E-state index contributed by atoms with van der Waals surface area (Å²) in [5, 5.41) is 0. The van der Waals surface area contributed by atoms with Gasteiger partial charge in [0.05, 0.1) is 6.61 Å². The van der Waals surface area contributed by atoms with Crippen molar-refractivity contribution in [2.24, 2.45) is 11.8 Å². The SMILES string of the molecule is c1ccc(CONC2CCCCC2C2CCCCC2)cc1. The molecule has 2 heteroatoms. The fourth-order valence-electron chi connectivity index (χ4n) is 4.24. The fraction of sp³-hybridized carbons (Fsp3) is 0.684. The lowest BCUT2D eigenvalue weighted by atomic mass is 9.71. The Kier molecular flexibility index (Phi) is 5.70. The van der Waals surface area contributed by atoms with E-state index in [1.807, 2.05) is 0 Å². The highest BCUT2D eigenvalue weighted by molar-refractivity contribution is 5.13. The van der Waals surface area contributed by atoms with Gasteiger partial charge in [-0.2, -0.15) is 5.48 Å². The van der Waals surface area contributed by atoms with Crippen molar-refractivity contribution < 1.29 is 4.84 Å². The molecule has 0 amide bonds. The molecule has 21 heavy (non-hydrogen) atoms. The molecule has 3 rings (SSSR count). The summed E-state index contributed by atoms with van der Waals surface area (Å²) in [6, 6.07) is 11.0. The Labute approximate surface area is 129 Å². The van der Waals surface area contributed by atoms with Crippen LogP contribution in [0.4, 0.5) is 0 Å². The minimum atomic E-state index is 0.575. The Morgan fingerprint density at radius 1 is 0.857 bits per heavy atom. The molecule has 0 saturated heterocycles. The Bertz CT molecular complexity index is 399. The summed E-state index contributed by atoms with van der Waals surface area (Å²) in [4.78, 5) is 5.83. The van der Waals surface area contributed by atoms with Crippen LogP contribution in [0, 0.1) is 11.8 Å². The van der Waals surface area contributed by atoms with E-state index in [4.69, 9.17) is 4.84 Å². The highest BCUT2D eigenvalue weighted by atomic mass is 16.6. The third-order valence-electron chi connectivity index (χ3n) is 5.39. The van der Waals surface area contributed by atoms with Crippen molar-refractivity contribution >= 4 is 0 Å². The van der Waals surface area contributed by atoms with Crippen molar-refractivity contribution in [3.05, 3.63) is 35.9 Å². The summed E-state index contributed by atoms with van der Waals surface area (Å²) in [6.45, 7) is 0.675. The van der Waals surface area contributed by atoms with E-state index in [1.54, 1.807) is 0 Å². The van der Waals surface area contributed by atoms with Crippen LogP contribution in [0.1, 0.15) is 63.4 Å². The van der Waals surface area contributed by atoms with Crippen LogP contribution in [0.2, 0.25) is 0 Å². The largest absolute Gasteiger partial charge is 0.297 e. The molecule has 2 atom stereocenters. The normalized spacial score (nSPS) is 27.6. The Balaban J connectivity index is 1.49. The van der Waals surface area contributed by atoms with Gasteiger partial charge in [-0.05, 0) is 30.2 Å². The van der Waals surface area contributed by atoms with Gasteiger partial charge in [0.15, 0.2) is 0 Å². The average Bonchev–Trinajstić information content (AvgIpc) is 2.57. The van der Waals surface area contributed by atoms with Crippen molar-refractivity contribution in [1.82, 2.24) is 5.48 Å². The lowest BCUT2D eigenvalue weighted by molar-refractivity contribution is -0.0320. The molecule has 0 heterocycles. The van der Waals surface area contributed by atoms with Crippen LogP contribution >= 0.6 is 0 Å². The van der Waals surface area contributed by atoms with Crippen LogP contribution in [-0.4, -0.2) is 6.04 Å². The fourth-order valence-corrected chi connectivity index (χ4v) is 4.24. The van der Waals surface area contributed by atoms with Gasteiger partial charge in [0.25, 0.3) is 0 Å². The van der Waals surface area contributed by atoms with Gasteiger partial charge < -0.3 is 0 Å². The number of benzene rings is 1. The van der Waals surface area contributed by atoms with Gasteiger partial charge in [-0.1, -0.05) is 75.3 Å². The van der Waals surface area contributed by atoms with E-state index in [2.05, 4.69) is 35.8 Å². The van der Waals surface area contributed by atoms with Crippen molar-refractivity contribution in [1.29, 1.82) is 0 Å². The molecular weight excluding hydrogens is 258 g/mol. The standard InChI is InChI=1S/C19H29NO/c1-3-9-16(10-4-1)15-21-20-19-14-8-7-13-18(19)17-11-5-2-6-12-17/h1,3-4,9-10,17-20H,2,5-8,11-15H2. The second-order valence-electron chi connectivity index (χ2n) is 6.85. The summed E-state index contributed by atoms with van der Waals surface area (Å²) in [6.07, 6.45) is 12.7. The quantitative estimate of drug-likeness (QED) is 0.782. The molecule has 0 bridgehead atoms. The minimum absolute atomic E-state index is 0.575. The molecule has 1 aromatic rings. The van der Waals surface area contributed by atoms with Gasteiger partial charge in [-0.3, -0.25) is 4.84 Å². The van der Waals surface area contributed by atoms with Crippen LogP contribution in [-0.2, 0) is 11.4 Å². The number of rotatable bonds is 5. The topological polar surface area (TPSA) is 21.3 Å². The molecule has 2 nitrogen and oxygen atoms in total. The molecule has 2 aliphatic carbocycles. The monoisotopic (exact) mass is 287 g/mol. The summed E-state index contributed by atoms with van der Waals surface area (Å²) in [5.74, 6) is 1.78. The van der Waals surface area contributed by atoms with Crippen LogP contribution in [0.3, 0.4) is 0 Å². The zero-order chi connectivity index (χ0) is 14.3. The summed E-state index contributed by atoms with van der Waals surface area (Å²) < 4.78 is 0. The van der Waals surface area contributed by atoms with E-state index in [0.29, 0.717) is 12.6 Å². The smallest absolute Gasteiger partial charge is 0.0933 e. The maximum atomic E-state index is 5.83. The molecule has 2 fully saturated rings. The summed E-state index contributed by atoms with van der Waals surface area (Å²) in [7, 11) is 0. The van der Waals surface area contributed by atoms with E-state index >= 15 is 0 Å². The lowest BCUT2D eigenvalue weighted by Gasteiger charge is -2.39. The van der Waals surface area contributed by atoms with E-state index < -0.39 is 0 Å². The second-order valence-corrected chi connectivity index (χ2v) is 6.85. The van der Waals surface area contributed by atoms with Gasteiger partial charge in [0, 0.05) is 6.04 Å². The van der Waals surface area contributed by atoms with E-state index in [0.717, 1.165) is 11.8 Å². The first-order valence-corrected chi connectivity index (χ1v) is 8.85. The predicted molar refractivity (Wildman–Crippen MR) is 86.7 cm³/mol. The molecule has 1 N–H and O–H groups in total. The average molecular weight is 287 g/mol. The maximum Gasteiger partial charge on any atom is 0.0933 e. The van der Waals surface area contributed by atoms with Gasteiger partial charge in [-0.15, -0.1) is 0 Å². The predicted octanol–water partition coefficient (Wildman–Crippen LogP) is 4.85. The first-order valence-electron chi connectivity index (χ1n) is 8.85. The second kappa shape index (κ2) is 7.95. The number of nitrogens with one attached hydrogen (secondary N) is 1. The van der Waals surface area contributed by atoms with Crippen molar-refractivity contribution in [2.45, 2.75) is 70.4 Å². The molecule has 0 aliphatic heterocycles. The van der Waals surface area contributed by atoms with E-state index in [9.17, 15) is 0 Å². The molecule has 2 aliphatic rings.